The normalized spacial score (nSPS) is 12.9. The van der Waals surface area contributed by atoms with Crippen molar-refractivity contribution in [3.05, 3.63) is 28.8 Å². The Morgan fingerprint density at radius 1 is 1.43 bits per heavy atom. The largest absolute Gasteiger partial charge is 0.320 e. The Morgan fingerprint density at radius 3 is 2.62 bits per heavy atom. The molecule has 1 aromatic rings. The molecule has 7 heteroatoms. The summed E-state index contributed by atoms with van der Waals surface area (Å²) in [5, 5.41) is 0.142. The van der Waals surface area contributed by atoms with Crippen molar-refractivity contribution in [2.24, 2.45) is 5.73 Å². The number of hydrogen-bond donors (Lipinski definition) is 2. The molecule has 0 radical (unpaired) electrons. The Hall–Kier alpha value is -1.10. The Morgan fingerprint density at radius 2 is 2.10 bits per heavy atom. The van der Waals surface area contributed by atoms with E-state index in [2.05, 4.69) is 16.6 Å². The molecule has 0 saturated heterocycles. The summed E-state index contributed by atoms with van der Waals surface area (Å²) in [6.07, 6.45) is 0. The first-order valence-corrected chi connectivity index (χ1v) is 8.28. The Bertz CT molecular complexity index is 648. The minimum Gasteiger partial charge on any atom is -0.320 e. The fourth-order valence-electron chi connectivity index (χ4n) is 1.86. The van der Waals surface area contributed by atoms with E-state index in [4.69, 9.17) is 17.3 Å². The number of nitrogens with one attached hydrogen (secondary N) is 1. The van der Waals surface area contributed by atoms with E-state index < -0.39 is 10.0 Å². The zero-order valence-corrected chi connectivity index (χ0v) is 13.9. The number of likely N-dealkylation sites (N-methyl/N-ethyl adjacent to an activating group) is 1. The third kappa shape index (κ3) is 5.65. The predicted molar refractivity (Wildman–Crippen MR) is 85.7 cm³/mol. The first kappa shape index (κ1) is 18.0. The monoisotopic (exact) mass is 329 g/mol. The lowest BCUT2D eigenvalue weighted by Gasteiger charge is -2.18. The van der Waals surface area contributed by atoms with Gasteiger partial charge in [0.25, 0.3) is 0 Å². The van der Waals surface area contributed by atoms with Gasteiger partial charge < -0.3 is 10.6 Å². The van der Waals surface area contributed by atoms with Gasteiger partial charge in [-0.1, -0.05) is 23.4 Å². The van der Waals surface area contributed by atoms with Gasteiger partial charge in [0.15, 0.2) is 0 Å². The second-order valence-corrected chi connectivity index (χ2v) is 7.03. The van der Waals surface area contributed by atoms with Gasteiger partial charge in [-0.3, -0.25) is 0 Å². The van der Waals surface area contributed by atoms with Crippen molar-refractivity contribution < 1.29 is 8.42 Å². The highest BCUT2D eigenvalue weighted by atomic mass is 35.5. The number of rotatable bonds is 5. The van der Waals surface area contributed by atoms with Crippen molar-refractivity contribution in [2.45, 2.75) is 17.9 Å². The molecular weight excluding hydrogens is 310 g/mol. The molecule has 1 unspecified atom stereocenters. The Balaban J connectivity index is 2.98. The number of nitrogens with zero attached hydrogens (tertiary/aromatic N) is 1. The van der Waals surface area contributed by atoms with Crippen molar-refractivity contribution in [2.75, 3.05) is 27.2 Å². The van der Waals surface area contributed by atoms with Gasteiger partial charge in [0.1, 0.15) is 4.90 Å². The van der Waals surface area contributed by atoms with Crippen LogP contribution in [0, 0.1) is 11.8 Å². The third-order valence-electron chi connectivity index (χ3n) is 2.55. The standard InChI is InChI=1S/C14H20ClN3O2S/c1-11(10-18(2)3)17-21(19,20)14-7-6-12(5-4-8-16)9-13(14)15/h6-7,9,11,17H,8,10,16H2,1-3H3. The van der Waals surface area contributed by atoms with Crippen LogP contribution in [0.25, 0.3) is 0 Å². The summed E-state index contributed by atoms with van der Waals surface area (Å²) >= 11 is 6.05. The van der Waals surface area contributed by atoms with Gasteiger partial charge in [0.2, 0.25) is 10.0 Å². The fourth-order valence-corrected chi connectivity index (χ4v) is 3.64. The Kier molecular flexibility index (Phi) is 6.65. The third-order valence-corrected chi connectivity index (χ3v) is 4.62. The van der Waals surface area contributed by atoms with Gasteiger partial charge >= 0.3 is 0 Å². The minimum absolute atomic E-state index is 0.0491. The van der Waals surface area contributed by atoms with E-state index in [1.165, 1.54) is 12.1 Å². The molecule has 116 valence electrons. The smallest absolute Gasteiger partial charge is 0.242 e. The van der Waals surface area contributed by atoms with E-state index in [1.807, 2.05) is 19.0 Å². The second-order valence-electron chi connectivity index (χ2n) is 4.94. The number of benzene rings is 1. The van der Waals surface area contributed by atoms with Crippen LogP contribution in [0.2, 0.25) is 5.02 Å². The molecule has 0 aliphatic carbocycles. The second kappa shape index (κ2) is 7.78. The van der Waals surface area contributed by atoms with Crippen molar-refractivity contribution in [1.29, 1.82) is 0 Å². The van der Waals surface area contributed by atoms with Gasteiger partial charge in [0.05, 0.1) is 11.6 Å². The van der Waals surface area contributed by atoms with Gasteiger partial charge in [0, 0.05) is 18.2 Å². The predicted octanol–water partition coefficient (Wildman–Crippen LogP) is 0.879. The zero-order chi connectivity index (χ0) is 16.0. The van der Waals surface area contributed by atoms with Crippen molar-refractivity contribution >= 4 is 21.6 Å². The summed E-state index contributed by atoms with van der Waals surface area (Å²) in [5.41, 5.74) is 5.92. The molecule has 0 aliphatic heterocycles. The first-order chi connectivity index (χ1) is 9.76. The lowest BCUT2D eigenvalue weighted by molar-refractivity contribution is 0.370. The van der Waals surface area contributed by atoms with Crippen molar-refractivity contribution in [3.8, 4) is 11.8 Å². The van der Waals surface area contributed by atoms with E-state index >= 15 is 0 Å². The van der Waals surface area contributed by atoms with Crippen LogP contribution in [-0.4, -0.2) is 46.5 Å². The maximum Gasteiger partial charge on any atom is 0.242 e. The van der Waals surface area contributed by atoms with Gasteiger partial charge in [-0.05, 0) is 39.2 Å². The summed E-state index contributed by atoms with van der Waals surface area (Å²) in [7, 11) is 0.101. The van der Waals surface area contributed by atoms with Crippen molar-refractivity contribution in [3.63, 3.8) is 0 Å². The summed E-state index contributed by atoms with van der Waals surface area (Å²) in [5.74, 6) is 5.50. The van der Waals surface area contributed by atoms with Crippen LogP contribution in [-0.2, 0) is 10.0 Å². The molecule has 3 N–H and O–H groups in total. The molecule has 0 heterocycles. The number of halogens is 1. The molecular formula is C14H20ClN3O2S. The van der Waals surface area contributed by atoms with Gasteiger partial charge in [-0.15, -0.1) is 0 Å². The van der Waals surface area contributed by atoms with E-state index in [-0.39, 0.29) is 22.5 Å². The van der Waals surface area contributed by atoms with E-state index in [9.17, 15) is 8.42 Å². The van der Waals surface area contributed by atoms with Gasteiger partial charge in [-0.25, -0.2) is 13.1 Å². The summed E-state index contributed by atoms with van der Waals surface area (Å²) < 4.78 is 27.2. The van der Waals surface area contributed by atoms with Crippen LogP contribution in [0.4, 0.5) is 0 Å². The van der Waals surface area contributed by atoms with E-state index in [0.717, 1.165) is 0 Å². The van der Waals surface area contributed by atoms with Crippen LogP contribution in [0.3, 0.4) is 0 Å². The Labute approximate surface area is 131 Å². The van der Waals surface area contributed by atoms with Crippen molar-refractivity contribution in [1.82, 2.24) is 9.62 Å². The number of nitrogens with two attached hydrogens (primary N) is 1. The molecule has 21 heavy (non-hydrogen) atoms. The molecule has 0 aromatic heterocycles. The summed E-state index contributed by atoms with van der Waals surface area (Å²) in [6.45, 7) is 2.63. The van der Waals surface area contributed by atoms with Crippen LogP contribution in [0.1, 0.15) is 12.5 Å². The highest BCUT2D eigenvalue weighted by Crippen LogP contribution is 2.22. The molecule has 0 bridgehead atoms. The average molecular weight is 330 g/mol. The fraction of sp³-hybridized carbons (Fsp3) is 0.429. The molecule has 0 amide bonds. The highest BCUT2D eigenvalue weighted by Gasteiger charge is 2.20. The average Bonchev–Trinajstić information content (AvgIpc) is 2.34. The molecule has 0 aliphatic rings. The van der Waals surface area contributed by atoms with Crippen LogP contribution >= 0.6 is 11.6 Å². The molecule has 1 atom stereocenters. The minimum atomic E-state index is -3.65. The molecule has 5 nitrogen and oxygen atoms in total. The molecule has 0 fully saturated rings. The first-order valence-electron chi connectivity index (χ1n) is 6.42. The maximum absolute atomic E-state index is 12.3. The number of sulfonamides is 1. The van der Waals surface area contributed by atoms with E-state index in [0.29, 0.717) is 12.1 Å². The molecule has 1 aromatic carbocycles. The molecule has 0 spiro atoms. The lowest BCUT2D eigenvalue weighted by atomic mass is 10.2. The summed E-state index contributed by atoms with van der Waals surface area (Å²) in [4.78, 5) is 1.95. The molecule has 1 rings (SSSR count). The zero-order valence-electron chi connectivity index (χ0n) is 12.4. The van der Waals surface area contributed by atoms with Crippen LogP contribution in [0.15, 0.2) is 23.1 Å². The summed E-state index contributed by atoms with van der Waals surface area (Å²) in [6, 6.07) is 4.36. The molecule has 0 saturated carbocycles. The van der Waals surface area contributed by atoms with Gasteiger partial charge in [-0.2, -0.15) is 0 Å². The quantitative estimate of drug-likeness (QED) is 0.786. The SMILES string of the molecule is CC(CN(C)C)NS(=O)(=O)c1ccc(C#CCN)cc1Cl. The maximum atomic E-state index is 12.3. The highest BCUT2D eigenvalue weighted by molar-refractivity contribution is 7.89. The van der Waals surface area contributed by atoms with Crippen LogP contribution in [0.5, 0.6) is 0 Å². The number of hydrogen-bond acceptors (Lipinski definition) is 4. The van der Waals surface area contributed by atoms with E-state index in [1.54, 1.807) is 13.0 Å². The topological polar surface area (TPSA) is 75.4 Å². The van der Waals surface area contributed by atoms with Crippen LogP contribution < -0.4 is 10.5 Å². The lowest BCUT2D eigenvalue weighted by Crippen LogP contribution is -2.39.